The Kier molecular flexibility index (Phi) is 4.46. The van der Waals surface area contributed by atoms with Crippen molar-refractivity contribution in [2.45, 2.75) is 38.3 Å². The Morgan fingerprint density at radius 3 is 2.50 bits per heavy atom. The van der Waals surface area contributed by atoms with Gasteiger partial charge in [0.2, 0.25) is 0 Å². The van der Waals surface area contributed by atoms with Crippen molar-refractivity contribution in [2.75, 3.05) is 7.11 Å². The largest absolute Gasteiger partial charge is 0.376 e. The molecule has 5 heteroatoms. The van der Waals surface area contributed by atoms with Gasteiger partial charge in [0.15, 0.2) is 0 Å². The van der Waals surface area contributed by atoms with E-state index in [2.05, 4.69) is 24.3 Å². The van der Waals surface area contributed by atoms with Crippen LogP contribution >= 0.6 is 0 Å². The molecule has 0 bridgehead atoms. The first kappa shape index (κ1) is 13.2. The zero-order valence-corrected chi connectivity index (χ0v) is 10.5. The van der Waals surface area contributed by atoms with E-state index in [9.17, 15) is 0 Å². The van der Waals surface area contributed by atoms with Gasteiger partial charge in [-0.1, -0.05) is 13.8 Å². The Labute approximate surface area is 97.0 Å². The normalized spacial score (nSPS) is 14.1. The molecule has 0 amide bonds. The number of aryl methyl sites for hydroxylation is 1. The van der Waals surface area contributed by atoms with Gasteiger partial charge in [0.1, 0.15) is 11.9 Å². The lowest BCUT2D eigenvalue weighted by Gasteiger charge is -2.37. The van der Waals surface area contributed by atoms with Gasteiger partial charge in [-0.05, 0) is 12.8 Å². The maximum atomic E-state index is 5.67. The van der Waals surface area contributed by atoms with Crippen molar-refractivity contribution in [1.29, 1.82) is 0 Å². The van der Waals surface area contributed by atoms with E-state index < -0.39 is 0 Å². The fourth-order valence-electron chi connectivity index (χ4n) is 2.18. The van der Waals surface area contributed by atoms with E-state index in [1.807, 2.05) is 17.8 Å². The van der Waals surface area contributed by atoms with Crippen LogP contribution in [0.2, 0.25) is 0 Å². The number of nitrogens with one attached hydrogen (secondary N) is 1. The van der Waals surface area contributed by atoms with E-state index in [1.54, 1.807) is 13.3 Å². The highest BCUT2D eigenvalue weighted by molar-refractivity contribution is 5.06. The third-order valence-corrected chi connectivity index (χ3v) is 3.41. The highest BCUT2D eigenvalue weighted by atomic mass is 16.5. The van der Waals surface area contributed by atoms with Crippen LogP contribution in [-0.4, -0.2) is 22.3 Å². The fraction of sp³-hybridized carbons (Fsp3) is 0.727. The van der Waals surface area contributed by atoms with Crippen molar-refractivity contribution in [2.24, 2.45) is 12.9 Å². The van der Waals surface area contributed by atoms with Crippen molar-refractivity contribution in [3.8, 4) is 0 Å². The Morgan fingerprint density at radius 1 is 1.56 bits per heavy atom. The summed E-state index contributed by atoms with van der Waals surface area (Å²) in [5.41, 5.74) is 2.52. The van der Waals surface area contributed by atoms with Crippen molar-refractivity contribution >= 4 is 0 Å². The summed E-state index contributed by atoms with van der Waals surface area (Å²) in [6.07, 6.45) is 5.43. The molecular weight excluding hydrogens is 204 g/mol. The van der Waals surface area contributed by atoms with Crippen LogP contribution in [0.1, 0.15) is 38.6 Å². The quantitative estimate of drug-likeness (QED) is 0.564. The summed E-state index contributed by atoms with van der Waals surface area (Å²) in [4.78, 5) is 4.34. The van der Waals surface area contributed by atoms with Crippen LogP contribution in [-0.2, 0) is 11.8 Å². The SMILES string of the molecule is CCC(CC)(OC)C(NN)c1nccn1C. The van der Waals surface area contributed by atoms with Gasteiger partial charge in [-0.25, -0.2) is 10.4 Å². The average Bonchev–Trinajstić information content (AvgIpc) is 2.72. The zero-order valence-electron chi connectivity index (χ0n) is 10.5. The minimum atomic E-state index is -0.312. The second-order valence-electron chi connectivity index (χ2n) is 3.97. The van der Waals surface area contributed by atoms with E-state index in [0.717, 1.165) is 18.7 Å². The number of aromatic nitrogens is 2. The maximum Gasteiger partial charge on any atom is 0.129 e. The van der Waals surface area contributed by atoms with Gasteiger partial charge in [0.05, 0.1) is 5.60 Å². The molecule has 1 aromatic heterocycles. The number of rotatable bonds is 6. The van der Waals surface area contributed by atoms with Crippen LogP contribution in [0, 0.1) is 0 Å². The minimum absolute atomic E-state index is 0.104. The highest BCUT2D eigenvalue weighted by Crippen LogP contribution is 2.33. The van der Waals surface area contributed by atoms with Crippen molar-refractivity contribution in [1.82, 2.24) is 15.0 Å². The van der Waals surface area contributed by atoms with Gasteiger partial charge < -0.3 is 9.30 Å². The highest BCUT2D eigenvalue weighted by Gasteiger charge is 2.38. The van der Waals surface area contributed by atoms with Crippen LogP contribution in [0.25, 0.3) is 0 Å². The summed E-state index contributed by atoms with van der Waals surface area (Å²) < 4.78 is 7.63. The number of imidazole rings is 1. The molecule has 0 radical (unpaired) electrons. The minimum Gasteiger partial charge on any atom is -0.376 e. The Hall–Kier alpha value is -0.910. The second-order valence-corrected chi connectivity index (χ2v) is 3.97. The Balaban J connectivity index is 3.10. The predicted molar refractivity (Wildman–Crippen MR) is 63.6 cm³/mol. The molecule has 1 rings (SSSR count). The summed E-state index contributed by atoms with van der Waals surface area (Å²) in [5.74, 6) is 6.56. The Bertz CT molecular complexity index is 311. The lowest BCUT2D eigenvalue weighted by molar-refractivity contribution is -0.0514. The monoisotopic (exact) mass is 226 g/mol. The van der Waals surface area contributed by atoms with Crippen molar-refractivity contribution in [3.05, 3.63) is 18.2 Å². The molecule has 0 saturated carbocycles. The number of nitrogens with two attached hydrogens (primary N) is 1. The second kappa shape index (κ2) is 5.43. The molecule has 1 aromatic rings. The molecule has 1 heterocycles. The van der Waals surface area contributed by atoms with Crippen LogP contribution < -0.4 is 11.3 Å². The molecule has 0 spiro atoms. The lowest BCUT2D eigenvalue weighted by Crippen LogP contribution is -2.48. The molecule has 5 nitrogen and oxygen atoms in total. The van der Waals surface area contributed by atoms with E-state index in [4.69, 9.17) is 10.6 Å². The van der Waals surface area contributed by atoms with E-state index in [0.29, 0.717) is 0 Å². The van der Waals surface area contributed by atoms with Gasteiger partial charge >= 0.3 is 0 Å². The van der Waals surface area contributed by atoms with Gasteiger partial charge in [-0.15, -0.1) is 0 Å². The standard InChI is InChI=1S/C11H22N4O/c1-5-11(6-2,16-4)9(14-12)10-13-7-8-15(10)3/h7-9,14H,5-6,12H2,1-4H3. The summed E-state index contributed by atoms with van der Waals surface area (Å²) in [7, 11) is 3.68. The Morgan fingerprint density at radius 2 is 2.19 bits per heavy atom. The van der Waals surface area contributed by atoms with E-state index in [-0.39, 0.29) is 11.6 Å². The molecule has 0 aromatic carbocycles. The average molecular weight is 226 g/mol. The van der Waals surface area contributed by atoms with Gasteiger partial charge in [-0.2, -0.15) is 0 Å². The van der Waals surface area contributed by atoms with E-state index >= 15 is 0 Å². The van der Waals surface area contributed by atoms with Crippen LogP contribution in [0.5, 0.6) is 0 Å². The molecule has 3 N–H and O–H groups in total. The number of hydrogen-bond donors (Lipinski definition) is 2. The smallest absolute Gasteiger partial charge is 0.129 e. The van der Waals surface area contributed by atoms with Gasteiger partial charge in [-0.3, -0.25) is 5.84 Å². The molecule has 0 aliphatic carbocycles. The molecule has 0 fully saturated rings. The third kappa shape index (κ3) is 2.11. The molecule has 92 valence electrons. The van der Waals surface area contributed by atoms with Crippen molar-refractivity contribution in [3.63, 3.8) is 0 Å². The van der Waals surface area contributed by atoms with Crippen LogP contribution in [0.4, 0.5) is 0 Å². The molecule has 1 atom stereocenters. The molecule has 1 unspecified atom stereocenters. The number of nitrogens with zero attached hydrogens (tertiary/aromatic N) is 2. The van der Waals surface area contributed by atoms with E-state index in [1.165, 1.54) is 0 Å². The molecule has 0 aliphatic heterocycles. The molecular formula is C11H22N4O. The maximum absolute atomic E-state index is 5.67. The van der Waals surface area contributed by atoms with Gasteiger partial charge in [0.25, 0.3) is 0 Å². The van der Waals surface area contributed by atoms with Crippen LogP contribution in [0.15, 0.2) is 12.4 Å². The number of hydrazine groups is 1. The first-order chi connectivity index (χ1) is 7.65. The fourth-order valence-corrected chi connectivity index (χ4v) is 2.18. The summed E-state index contributed by atoms with van der Waals surface area (Å²) in [5, 5.41) is 0. The summed E-state index contributed by atoms with van der Waals surface area (Å²) in [6.45, 7) is 4.20. The van der Waals surface area contributed by atoms with Crippen molar-refractivity contribution < 1.29 is 4.74 Å². The number of hydrogen-bond acceptors (Lipinski definition) is 4. The first-order valence-corrected chi connectivity index (χ1v) is 5.63. The number of ether oxygens (including phenoxy) is 1. The van der Waals surface area contributed by atoms with Crippen LogP contribution in [0.3, 0.4) is 0 Å². The lowest BCUT2D eigenvalue weighted by atomic mass is 9.88. The zero-order chi connectivity index (χ0) is 12.2. The topological polar surface area (TPSA) is 65.1 Å². The van der Waals surface area contributed by atoms with Gasteiger partial charge in [0, 0.05) is 26.6 Å². The molecule has 16 heavy (non-hydrogen) atoms. The molecule has 0 aliphatic rings. The predicted octanol–water partition coefficient (Wildman–Crippen LogP) is 1.13. The molecule has 0 saturated heterocycles. The number of methoxy groups -OCH3 is 1. The summed E-state index contributed by atoms with van der Waals surface area (Å²) >= 11 is 0. The summed E-state index contributed by atoms with van der Waals surface area (Å²) in [6, 6.07) is -0.104. The third-order valence-electron chi connectivity index (χ3n) is 3.41. The first-order valence-electron chi connectivity index (χ1n) is 5.63.